The maximum atomic E-state index is 11.8. The molecule has 0 saturated heterocycles. The first kappa shape index (κ1) is 22.0. The second-order valence-corrected chi connectivity index (χ2v) is 5.51. The Hall–Kier alpha value is -1.01. The molecule has 0 amide bonds. The van der Waals surface area contributed by atoms with E-state index < -0.39 is 57.9 Å². The van der Waals surface area contributed by atoms with E-state index in [0.29, 0.717) is 6.07 Å². The molecule has 0 aromatic heterocycles. The van der Waals surface area contributed by atoms with Gasteiger partial charge in [0.25, 0.3) is 10.1 Å². The van der Waals surface area contributed by atoms with Crippen LogP contribution in [0.25, 0.3) is 0 Å². The quantitative estimate of drug-likeness (QED) is 0.247. The average Bonchev–Trinajstić information content (AvgIpc) is 2.43. The van der Waals surface area contributed by atoms with Crippen molar-refractivity contribution in [3.05, 3.63) is 28.8 Å². The van der Waals surface area contributed by atoms with Crippen LogP contribution in [0, 0.1) is 0 Å². The molecule has 3 N–H and O–H groups in total. The van der Waals surface area contributed by atoms with Crippen molar-refractivity contribution in [2.45, 2.75) is 11.3 Å². The van der Waals surface area contributed by atoms with Gasteiger partial charge in [-0.15, -0.1) is 0 Å². The largest absolute Gasteiger partial charge is 1.00 e. The number of rotatable bonds is 7. The van der Waals surface area contributed by atoms with E-state index in [1.807, 2.05) is 0 Å². The summed E-state index contributed by atoms with van der Waals surface area (Å²) < 4.78 is 36.0. The number of aliphatic hydroxyl groups is 2. The Bertz CT molecular complexity index is 684. The van der Waals surface area contributed by atoms with Gasteiger partial charge in [-0.05, 0) is 24.1 Å². The number of esters is 1. The monoisotopic (exact) mass is 356 g/mol. The van der Waals surface area contributed by atoms with Crippen LogP contribution in [0.4, 0.5) is 0 Å². The van der Waals surface area contributed by atoms with Gasteiger partial charge < -0.3 is 24.9 Å². The Morgan fingerprint density at radius 2 is 1.70 bits per heavy atom. The number of aliphatic hydroxyl groups excluding tert-OH is 2. The molecule has 0 heterocycles. The Balaban J connectivity index is 0.00000484. The first-order chi connectivity index (χ1) is 10.2. The van der Waals surface area contributed by atoms with Crippen LogP contribution in [-0.2, 0) is 21.3 Å². The number of ether oxygens (including phenoxy) is 1. The van der Waals surface area contributed by atoms with E-state index in [2.05, 4.69) is 4.74 Å². The number of carbonyl (C=O) groups excluding carboxylic acids is 2. The summed E-state index contributed by atoms with van der Waals surface area (Å²) in [7, 11) is -4.78. The maximum Gasteiger partial charge on any atom is 1.00 e. The molecule has 11 heteroatoms. The van der Waals surface area contributed by atoms with Gasteiger partial charge >= 0.3 is 35.5 Å². The molecule has 122 valence electrons. The van der Waals surface area contributed by atoms with Crippen LogP contribution in [0.1, 0.15) is 26.3 Å². The third-order valence-corrected chi connectivity index (χ3v) is 3.48. The van der Waals surface area contributed by atoms with Gasteiger partial charge in [-0.3, -0.25) is 4.55 Å². The normalized spacial score (nSPS) is 10.7. The van der Waals surface area contributed by atoms with E-state index >= 15 is 0 Å². The fourth-order valence-corrected chi connectivity index (χ4v) is 2.29. The summed E-state index contributed by atoms with van der Waals surface area (Å²) in [6.45, 7) is -1.41. The number of carboxylic acid groups (broad SMARTS) is 1. The van der Waals surface area contributed by atoms with Crippen LogP contribution in [0.15, 0.2) is 17.0 Å². The molecule has 1 rings (SSSR count). The van der Waals surface area contributed by atoms with Crippen LogP contribution in [-0.4, -0.2) is 54.9 Å². The van der Waals surface area contributed by atoms with Gasteiger partial charge in [-0.2, -0.15) is 8.42 Å². The van der Waals surface area contributed by atoms with Gasteiger partial charge in [-0.1, -0.05) is 0 Å². The third-order valence-electron chi connectivity index (χ3n) is 2.65. The van der Waals surface area contributed by atoms with Crippen LogP contribution < -0.4 is 34.7 Å². The fourth-order valence-electron chi connectivity index (χ4n) is 1.76. The molecule has 1 aromatic carbocycles. The molecule has 0 aliphatic carbocycles. The number of hydrogen-bond acceptors (Lipinski definition) is 8. The van der Waals surface area contributed by atoms with Crippen LogP contribution >= 0.6 is 0 Å². The molecule has 0 spiro atoms. The van der Waals surface area contributed by atoms with Crippen LogP contribution in [0.2, 0.25) is 0 Å². The van der Waals surface area contributed by atoms with Crippen molar-refractivity contribution in [1.29, 1.82) is 0 Å². The van der Waals surface area contributed by atoms with E-state index in [9.17, 15) is 23.1 Å². The Morgan fingerprint density at radius 3 is 2.13 bits per heavy atom. The summed E-state index contributed by atoms with van der Waals surface area (Å²) in [5.74, 6) is -2.89. The zero-order valence-electron chi connectivity index (χ0n) is 12.2. The summed E-state index contributed by atoms with van der Waals surface area (Å²) in [6, 6.07) is 1.35. The van der Waals surface area contributed by atoms with E-state index in [-0.39, 0.29) is 41.5 Å². The van der Waals surface area contributed by atoms with Gasteiger partial charge in [0.1, 0.15) is 6.61 Å². The van der Waals surface area contributed by atoms with E-state index in [1.54, 1.807) is 0 Å². The molecule has 0 aliphatic rings. The number of benzene rings is 1. The number of aromatic carboxylic acids is 1. The number of carbonyl (C=O) groups is 2. The molecule has 0 saturated carbocycles. The zero-order valence-corrected chi connectivity index (χ0v) is 15.0. The standard InChI is InChI=1S/C12H14O9S.Na/c13-2-1-8-9(11(15)16)5-7(22(18,19)20)6-10(8)12(17)21-4-3-14;/h5-6,13-14H,1-4H2,(H,15,16)(H,18,19,20);/q;+1/p-1. The summed E-state index contributed by atoms with van der Waals surface area (Å²) in [5.41, 5.74) is -1.32. The van der Waals surface area contributed by atoms with Crippen molar-refractivity contribution in [2.75, 3.05) is 19.8 Å². The Labute approximate surface area is 153 Å². The number of hydrogen-bond donors (Lipinski definition) is 3. The molecule has 0 aliphatic heterocycles. The maximum absolute atomic E-state index is 11.8. The van der Waals surface area contributed by atoms with E-state index in [0.717, 1.165) is 6.07 Å². The van der Waals surface area contributed by atoms with Gasteiger partial charge in [0.15, 0.2) is 0 Å². The molecule has 9 nitrogen and oxygen atoms in total. The topological polar surface area (TPSA) is 161 Å². The summed E-state index contributed by atoms with van der Waals surface area (Å²) >= 11 is 0. The molecule has 0 bridgehead atoms. The third kappa shape index (κ3) is 5.84. The average molecular weight is 356 g/mol. The molecular formula is C12H13NaO9S. The van der Waals surface area contributed by atoms with Crippen molar-refractivity contribution in [3.8, 4) is 0 Å². The molecule has 0 atom stereocenters. The van der Waals surface area contributed by atoms with Gasteiger partial charge in [0, 0.05) is 12.2 Å². The van der Waals surface area contributed by atoms with Crippen molar-refractivity contribution in [3.63, 3.8) is 0 Å². The minimum absolute atomic E-state index is 0. The van der Waals surface area contributed by atoms with E-state index in [4.69, 9.17) is 14.8 Å². The number of carboxylic acids is 1. The molecular weight excluding hydrogens is 343 g/mol. The van der Waals surface area contributed by atoms with Crippen molar-refractivity contribution < 1.29 is 72.2 Å². The van der Waals surface area contributed by atoms with Crippen LogP contribution in [0.3, 0.4) is 0 Å². The van der Waals surface area contributed by atoms with Crippen molar-refractivity contribution in [1.82, 2.24) is 0 Å². The summed E-state index contributed by atoms with van der Waals surface area (Å²) in [5, 5.41) is 28.7. The van der Waals surface area contributed by atoms with Crippen molar-refractivity contribution in [2.24, 2.45) is 0 Å². The molecule has 1 aromatic rings. The van der Waals surface area contributed by atoms with Crippen molar-refractivity contribution >= 4 is 22.1 Å². The smallest absolute Gasteiger partial charge is 0.545 e. The van der Waals surface area contributed by atoms with E-state index in [1.165, 1.54) is 0 Å². The zero-order chi connectivity index (χ0) is 16.9. The minimum atomic E-state index is -4.78. The second-order valence-electron chi connectivity index (χ2n) is 4.09. The first-order valence-electron chi connectivity index (χ1n) is 5.97. The SMILES string of the molecule is O=C([O-])c1cc(S(=O)(=O)O)cc(C(=O)OCCO)c1CCO.[Na+]. The van der Waals surface area contributed by atoms with Crippen LogP contribution in [0.5, 0.6) is 0 Å². The second kappa shape index (κ2) is 9.33. The predicted octanol–water partition coefficient (Wildman–Crippen LogP) is -5.02. The fraction of sp³-hybridized carbons (Fsp3) is 0.333. The molecule has 0 radical (unpaired) electrons. The molecule has 0 unspecified atom stereocenters. The molecule has 0 fully saturated rings. The van der Waals surface area contributed by atoms with Gasteiger partial charge in [0.05, 0.1) is 23.0 Å². The Kier molecular flexibility index (Phi) is 8.92. The minimum Gasteiger partial charge on any atom is -0.545 e. The predicted molar refractivity (Wildman–Crippen MR) is 68.7 cm³/mol. The summed E-state index contributed by atoms with van der Waals surface area (Å²) in [4.78, 5) is 22.1. The van der Waals surface area contributed by atoms with Gasteiger partial charge in [-0.25, -0.2) is 4.79 Å². The Morgan fingerprint density at radius 1 is 1.13 bits per heavy atom. The molecule has 23 heavy (non-hydrogen) atoms. The van der Waals surface area contributed by atoms with Gasteiger partial charge in [0.2, 0.25) is 0 Å². The first-order valence-corrected chi connectivity index (χ1v) is 7.41. The summed E-state index contributed by atoms with van der Waals surface area (Å²) in [6.07, 6.45) is -0.279.